The smallest absolute Gasteiger partial charge is 0.229 e. The van der Waals surface area contributed by atoms with Crippen molar-refractivity contribution in [3.8, 4) is 5.75 Å². The van der Waals surface area contributed by atoms with E-state index in [0.717, 1.165) is 49.1 Å². The van der Waals surface area contributed by atoms with Crippen molar-refractivity contribution in [2.45, 2.75) is 13.8 Å². The minimum absolute atomic E-state index is 0.628. The SMILES string of the molecule is COc1ccccc1N1CCN(c2ccnc(Nc3cccc(C)c3C)n2)CC1. The van der Waals surface area contributed by atoms with Crippen LogP contribution in [0.5, 0.6) is 5.75 Å². The lowest BCUT2D eigenvalue weighted by Crippen LogP contribution is -2.47. The molecule has 0 radical (unpaired) electrons. The first-order chi connectivity index (χ1) is 14.2. The molecule has 0 atom stereocenters. The molecule has 0 bridgehead atoms. The average molecular weight is 390 g/mol. The Morgan fingerprint density at radius 1 is 0.897 bits per heavy atom. The number of nitrogens with zero attached hydrogens (tertiary/aromatic N) is 4. The molecule has 0 spiro atoms. The molecule has 1 aromatic heterocycles. The Balaban J connectivity index is 1.45. The van der Waals surface area contributed by atoms with Crippen molar-refractivity contribution in [1.29, 1.82) is 0 Å². The number of rotatable bonds is 5. The second-order valence-corrected chi connectivity index (χ2v) is 7.26. The molecule has 3 aromatic rings. The monoisotopic (exact) mass is 389 g/mol. The number of hydrogen-bond donors (Lipinski definition) is 1. The molecule has 1 N–H and O–H groups in total. The van der Waals surface area contributed by atoms with Crippen LogP contribution < -0.4 is 19.9 Å². The van der Waals surface area contributed by atoms with Crippen molar-refractivity contribution in [1.82, 2.24) is 9.97 Å². The van der Waals surface area contributed by atoms with Gasteiger partial charge in [0.25, 0.3) is 0 Å². The van der Waals surface area contributed by atoms with Crippen molar-refractivity contribution in [3.63, 3.8) is 0 Å². The van der Waals surface area contributed by atoms with Crippen LogP contribution in [0.15, 0.2) is 54.7 Å². The lowest BCUT2D eigenvalue weighted by molar-refractivity contribution is 0.413. The predicted molar refractivity (Wildman–Crippen MR) is 119 cm³/mol. The van der Waals surface area contributed by atoms with Crippen molar-refractivity contribution >= 4 is 23.1 Å². The lowest BCUT2D eigenvalue weighted by atomic mass is 10.1. The molecule has 4 rings (SSSR count). The van der Waals surface area contributed by atoms with E-state index in [0.29, 0.717) is 5.95 Å². The highest BCUT2D eigenvalue weighted by Gasteiger charge is 2.20. The molecule has 1 saturated heterocycles. The Hall–Kier alpha value is -3.28. The zero-order valence-electron chi connectivity index (χ0n) is 17.2. The molecule has 6 heteroatoms. The molecule has 0 aliphatic carbocycles. The van der Waals surface area contributed by atoms with Crippen LogP contribution in [-0.2, 0) is 0 Å². The first-order valence-electron chi connectivity index (χ1n) is 9.95. The molecular weight excluding hydrogens is 362 g/mol. The Labute approximate surface area is 172 Å². The number of piperazine rings is 1. The molecule has 1 fully saturated rings. The number of aryl methyl sites for hydroxylation is 1. The predicted octanol–water partition coefficient (Wildman–Crippen LogP) is 4.17. The summed E-state index contributed by atoms with van der Waals surface area (Å²) in [6.45, 7) is 7.86. The van der Waals surface area contributed by atoms with Gasteiger partial charge in [0.2, 0.25) is 5.95 Å². The number of para-hydroxylation sites is 2. The summed E-state index contributed by atoms with van der Waals surface area (Å²) in [5, 5.41) is 3.37. The van der Waals surface area contributed by atoms with E-state index < -0.39 is 0 Å². The summed E-state index contributed by atoms with van der Waals surface area (Å²) in [4.78, 5) is 13.8. The lowest BCUT2D eigenvalue weighted by Gasteiger charge is -2.37. The minimum Gasteiger partial charge on any atom is -0.495 e. The third-order valence-corrected chi connectivity index (χ3v) is 5.52. The normalized spacial score (nSPS) is 14.0. The number of anilines is 4. The summed E-state index contributed by atoms with van der Waals surface area (Å²) in [5.41, 5.74) is 4.66. The van der Waals surface area contributed by atoms with E-state index in [4.69, 9.17) is 9.72 Å². The van der Waals surface area contributed by atoms with E-state index >= 15 is 0 Å². The van der Waals surface area contributed by atoms with Crippen LogP contribution >= 0.6 is 0 Å². The minimum atomic E-state index is 0.628. The number of methoxy groups -OCH3 is 1. The largest absolute Gasteiger partial charge is 0.495 e. The van der Waals surface area contributed by atoms with Crippen molar-refractivity contribution < 1.29 is 4.74 Å². The first kappa shape index (κ1) is 19.1. The summed E-state index contributed by atoms with van der Waals surface area (Å²) in [5.74, 6) is 2.50. The Kier molecular flexibility index (Phi) is 5.51. The van der Waals surface area contributed by atoms with Crippen LogP contribution in [0.25, 0.3) is 0 Å². The van der Waals surface area contributed by atoms with E-state index in [1.54, 1.807) is 7.11 Å². The topological polar surface area (TPSA) is 53.5 Å². The highest BCUT2D eigenvalue weighted by atomic mass is 16.5. The van der Waals surface area contributed by atoms with Gasteiger partial charge in [0, 0.05) is 38.1 Å². The maximum absolute atomic E-state index is 5.52. The van der Waals surface area contributed by atoms with Gasteiger partial charge in [-0.25, -0.2) is 4.98 Å². The van der Waals surface area contributed by atoms with Crippen molar-refractivity contribution in [2.75, 3.05) is 48.4 Å². The highest BCUT2D eigenvalue weighted by Crippen LogP contribution is 2.29. The number of aromatic nitrogens is 2. The fraction of sp³-hybridized carbons (Fsp3) is 0.304. The van der Waals surface area contributed by atoms with E-state index in [2.05, 4.69) is 58.2 Å². The van der Waals surface area contributed by atoms with Gasteiger partial charge in [-0.2, -0.15) is 4.98 Å². The second-order valence-electron chi connectivity index (χ2n) is 7.26. The Bertz CT molecular complexity index is 983. The maximum atomic E-state index is 5.52. The Morgan fingerprint density at radius 3 is 2.45 bits per heavy atom. The van der Waals surface area contributed by atoms with Gasteiger partial charge in [-0.1, -0.05) is 24.3 Å². The fourth-order valence-corrected chi connectivity index (χ4v) is 3.66. The molecule has 6 nitrogen and oxygen atoms in total. The summed E-state index contributed by atoms with van der Waals surface area (Å²) in [7, 11) is 1.72. The van der Waals surface area contributed by atoms with E-state index in [1.165, 1.54) is 11.1 Å². The van der Waals surface area contributed by atoms with Crippen LogP contribution in [0.2, 0.25) is 0 Å². The third-order valence-electron chi connectivity index (χ3n) is 5.52. The van der Waals surface area contributed by atoms with Gasteiger partial charge in [0.15, 0.2) is 0 Å². The van der Waals surface area contributed by atoms with E-state index in [9.17, 15) is 0 Å². The van der Waals surface area contributed by atoms with Crippen molar-refractivity contribution in [3.05, 3.63) is 65.9 Å². The maximum Gasteiger partial charge on any atom is 0.229 e. The van der Waals surface area contributed by atoms with E-state index in [1.807, 2.05) is 30.5 Å². The summed E-state index contributed by atoms with van der Waals surface area (Å²) >= 11 is 0. The molecular formula is C23H27N5O. The zero-order valence-corrected chi connectivity index (χ0v) is 17.2. The summed E-state index contributed by atoms with van der Waals surface area (Å²) in [6.07, 6.45) is 1.82. The molecule has 0 unspecified atom stereocenters. The van der Waals surface area contributed by atoms with Gasteiger partial charge in [0.1, 0.15) is 11.6 Å². The standard InChI is InChI=1S/C23H27N5O/c1-17-7-6-8-19(18(17)2)25-23-24-12-11-22(26-23)28-15-13-27(14-16-28)20-9-4-5-10-21(20)29-3/h4-12H,13-16H2,1-3H3,(H,24,25,26). The molecule has 150 valence electrons. The number of benzene rings is 2. The molecule has 0 amide bonds. The van der Waals surface area contributed by atoms with Gasteiger partial charge in [-0.15, -0.1) is 0 Å². The molecule has 2 heterocycles. The van der Waals surface area contributed by atoms with Crippen LogP contribution in [0.3, 0.4) is 0 Å². The van der Waals surface area contributed by atoms with Gasteiger partial charge < -0.3 is 19.9 Å². The number of nitrogens with one attached hydrogen (secondary N) is 1. The highest BCUT2D eigenvalue weighted by molar-refractivity contribution is 5.62. The average Bonchev–Trinajstić information content (AvgIpc) is 2.77. The summed E-state index contributed by atoms with van der Waals surface area (Å²) in [6, 6.07) is 16.4. The number of ether oxygens (including phenoxy) is 1. The molecule has 1 aliphatic rings. The van der Waals surface area contributed by atoms with Crippen LogP contribution in [-0.4, -0.2) is 43.3 Å². The molecule has 2 aromatic carbocycles. The first-order valence-corrected chi connectivity index (χ1v) is 9.95. The van der Waals surface area contributed by atoms with Gasteiger partial charge >= 0.3 is 0 Å². The van der Waals surface area contributed by atoms with Crippen LogP contribution in [0.1, 0.15) is 11.1 Å². The van der Waals surface area contributed by atoms with Gasteiger partial charge in [-0.3, -0.25) is 0 Å². The van der Waals surface area contributed by atoms with E-state index in [-0.39, 0.29) is 0 Å². The summed E-state index contributed by atoms with van der Waals surface area (Å²) < 4.78 is 5.52. The van der Waals surface area contributed by atoms with Crippen LogP contribution in [0, 0.1) is 13.8 Å². The zero-order chi connectivity index (χ0) is 20.2. The van der Waals surface area contributed by atoms with Crippen molar-refractivity contribution in [2.24, 2.45) is 0 Å². The molecule has 1 aliphatic heterocycles. The van der Waals surface area contributed by atoms with Gasteiger partial charge in [-0.05, 0) is 49.2 Å². The quantitative estimate of drug-likeness (QED) is 0.707. The fourth-order valence-electron chi connectivity index (χ4n) is 3.66. The molecule has 29 heavy (non-hydrogen) atoms. The van der Waals surface area contributed by atoms with Gasteiger partial charge in [0.05, 0.1) is 12.8 Å². The second kappa shape index (κ2) is 8.39. The third kappa shape index (κ3) is 4.11. The Morgan fingerprint density at radius 2 is 1.66 bits per heavy atom. The van der Waals surface area contributed by atoms with Crippen LogP contribution in [0.4, 0.5) is 23.1 Å². The number of hydrogen-bond acceptors (Lipinski definition) is 6. The molecule has 0 saturated carbocycles.